The molecule has 0 aliphatic carbocycles. The van der Waals surface area contributed by atoms with Crippen molar-refractivity contribution in [1.29, 1.82) is 0 Å². The van der Waals surface area contributed by atoms with Crippen LogP contribution >= 0.6 is 0 Å². The van der Waals surface area contributed by atoms with Gasteiger partial charge in [0.2, 0.25) is 5.91 Å². The fraction of sp³-hybridized carbons (Fsp3) is 0.190. The highest BCUT2D eigenvalue weighted by atomic mass is 16.1. The van der Waals surface area contributed by atoms with E-state index in [9.17, 15) is 4.79 Å². The van der Waals surface area contributed by atoms with Crippen molar-refractivity contribution in [3.05, 3.63) is 72.2 Å². The van der Waals surface area contributed by atoms with E-state index >= 15 is 0 Å². The molecule has 4 rings (SSSR count). The number of allylic oxidation sites excluding steroid dienone is 1. The van der Waals surface area contributed by atoms with Crippen molar-refractivity contribution in [2.24, 2.45) is 0 Å². The Labute approximate surface area is 157 Å². The average molecular weight is 359 g/mol. The Balaban J connectivity index is 1.53. The van der Waals surface area contributed by atoms with Gasteiger partial charge in [0.05, 0.1) is 23.3 Å². The second-order valence-corrected chi connectivity index (χ2v) is 6.78. The van der Waals surface area contributed by atoms with Crippen molar-refractivity contribution in [2.75, 3.05) is 5.32 Å². The number of hydrogen-bond donors (Lipinski definition) is 2. The van der Waals surface area contributed by atoms with E-state index in [0.717, 1.165) is 46.0 Å². The quantitative estimate of drug-likeness (QED) is 0.732. The molecule has 3 aromatic rings. The number of nitrogens with zero attached hydrogens (tertiary/aromatic N) is 3. The zero-order valence-corrected chi connectivity index (χ0v) is 15.2. The van der Waals surface area contributed by atoms with E-state index in [1.54, 1.807) is 10.7 Å². The highest BCUT2D eigenvalue weighted by molar-refractivity contribution is 5.94. The number of carbonyl (C=O) groups excluding carboxylic acids is 1. The minimum absolute atomic E-state index is 0.0719. The van der Waals surface area contributed by atoms with E-state index in [2.05, 4.69) is 46.0 Å². The first-order valence-corrected chi connectivity index (χ1v) is 8.87. The smallest absolute Gasteiger partial charge is 0.224 e. The normalized spacial score (nSPS) is 13.1. The van der Waals surface area contributed by atoms with E-state index in [1.807, 2.05) is 25.1 Å². The Morgan fingerprint density at radius 1 is 1.26 bits per heavy atom. The van der Waals surface area contributed by atoms with Gasteiger partial charge in [-0.1, -0.05) is 25.3 Å². The van der Waals surface area contributed by atoms with Gasteiger partial charge in [-0.05, 0) is 42.2 Å². The molecule has 3 heterocycles. The Morgan fingerprint density at radius 2 is 2.11 bits per heavy atom. The Hall–Kier alpha value is -3.41. The lowest BCUT2D eigenvalue weighted by Gasteiger charge is -2.18. The molecule has 0 bridgehead atoms. The number of aryl methyl sites for hydroxylation is 1. The van der Waals surface area contributed by atoms with Crippen molar-refractivity contribution >= 4 is 28.5 Å². The first-order chi connectivity index (χ1) is 13.0. The van der Waals surface area contributed by atoms with Gasteiger partial charge in [0.1, 0.15) is 0 Å². The highest BCUT2D eigenvalue weighted by Gasteiger charge is 2.15. The molecule has 1 aliphatic rings. The summed E-state index contributed by atoms with van der Waals surface area (Å²) in [5, 5.41) is 10.6. The number of rotatable bonds is 5. The monoisotopic (exact) mass is 359 g/mol. The molecule has 0 saturated heterocycles. The summed E-state index contributed by atoms with van der Waals surface area (Å²) >= 11 is 0. The zero-order valence-electron chi connectivity index (χ0n) is 15.2. The van der Waals surface area contributed by atoms with Crippen LogP contribution < -0.4 is 10.6 Å². The Morgan fingerprint density at radius 3 is 2.93 bits per heavy atom. The summed E-state index contributed by atoms with van der Waals surface area (Å²) in [6, 6.07) is 9.95. The lowest BCUT2D eigenvalue weighted by Crippen LogP contribution is -2.19. The van der Waals surface area contributed by atoms with E-state index in [-0.39, 0.29) is 5.91 Å². The molecule has 0 fully saturated rings. The summed E-state index contributed by atoms with van der Waals surface area (Å²) < 4.78 is 1.77. The molecule has 1 aliphatic heterocycles. The summed E-state index contributed by atoms with van der Waals surface area (Å²) in [4.78, 5) is 16.2. The molecule has 0 atom stereocenters. The molecule has 0 radical (unpaired) electrons. The van der Waals surface area contributed by atoms with Gasteiger partial charge in [-0.25, -0.2) is 9.50 Å². The zero-order chi connectivity index (χ0) is 19.0. The lowest BCUT2D eigenvalue weighted by molar-refractivity contribution is -0.116. The predicted molar refractivity (Wildman–Crippen MR) is 107 cm³/mol. The predicted octanol–water partition coefficient (Wildman–Crippen LogP) is 3.41. The molecular formula is C21H21N5O. The third-order valence-corrected chi connectivity index (χ3v) is 4.68. The minimum Gasteiger partial charge on any atom is -0.380 e. The van der Waals surface area contributed by atoms with Crippen LogP contribution in [0.5, 0.6) is 0 Å². The van der Waals surface area contributed by atoms with Gasteiger partial charge < -0.3 is 10.6 Å². The number of carbonyl (C=O) groups is 1. The second-order valence-electron chi connectivity index (χ2n) is 6.78. The van der Waals surface area contributed by atoms with Gasteiger partial charge in [0, 0.05) is 24.7 Å². The minimum atomic E-state index is 0.0719. The van der Waals surface area contributed by atoms with E-state index < -0.39 is 0 Å². The first-order valence-electron chi connectivity index (χ1n) is 8.87. The highest BCUT2D eigenvalue weighted by Crippen LogP contribution is 2.24. The van der Waals surface area contributed by atoms with Crippen LogP contribution in [0.15, 0.2) is 49.7 Å². The topological polar surface area (TPSA) is 71.3 Å². The van der Waals surface area contributed by atoms with Crippen LogP contribution in [0.1, 0.15) is 35.9 Å². The standard InChI is InChI=1S/C21H21N5O/c1-13(2)19-11-17(24-20-8-9-23-26(19)20)14(3)22-12-15-4-5-16-6-7-21(27)25-18(16)10-15/h4-5,8-11,22H,1,3,6-7,12H2,2H3,(H,25,27). The van der Waals surface area contributed by atoms with Crippen LogP contribution in [-0.2, 0) is 17.8 Å². The number of fused-ring (bicyclic) bond motifs is 2. The van der Waals surface area contributed by atoms with Crippen LogP contribution in [-0.4, -0.2) is 20.5 Å². The molecule has 0 unspecified atom stereocenters. The molecule has 1 amide bonds. The van der Waals surface area contributed by atoms with Crippen molar-refractivity contribution in [1.82, 2.24) is 19.9 Å². The number of anilines is 1. The fourth-order valence-electron chi connectivity index (χ4n) is 3.20. The van der Waals surface area contributed by atoms with E-state index in [4.69, 9.17) is 0 Å². The summed E-state index contributed by atoms with van der Waals surface area (Å²) in [7, 11) is 0. The summed E-state index contributed by atoms with van der Waals surface area (Å²) in [6.45, 7) is 10.7. The molecule has 1 aromatic carbocycles. The van der Waals surface area contributed by atoms with Crippen LogP contribution in [0, 0.1) is 0 Å². The van der Waals surface area contributed by atoms with Crippen molar-refractivity contribution in [2.45, 2.75) is 26.3 Å². The molecule has 0 saturated carbocycles. The number of benzene rings is 1. The summed E-state index contributed by atoms with van der Waals surface area (Å²) in [5.41, 5.74) is 7.20. The average Bonchev–Trinajstić information content (AvgIpc) is 3.13. The Bertz CT molecular complexity index is 1080. The molecular weight excluding hydrogens is 338 g/mol. The second kappa shape index (κ2) is 6.72. The Kier molecular flexibility index (Phi) is 4.24. The van der Waals surface area contributed by atoms with Crippen LogP contribution in [0.3, 0.4) is 0 Å². The molecule has 6 heteroatoms. The van der Waals surface area contributed by atoms with Crippen LogP contribution in [0.25, 0.3) is 16.9 Å². The number of aromatic nitrogens is 3. The molecule has 6 nitrogen and oxygen atoms in total. The SMILES string of the molecule is C=C(NCc1ccc2c(c1)NC(=O)CC2)c1cc(C(=C)C)n2nccc2n1. The molecule has 27 heavy (non-hydrogen) atoms. The van der Waals surface area contributed by atoms with Gasteiger partial charge in [0.15, 0.2) is 5.65 Å². The molecule has 136 valence electrons. The van der Waals surface area contributed by atoms with E-state index in [0.29, 0.717) is 13.0 Å². The third-order valence-electron chi connectivity index (χ3n) is 4.68. The third kappa shape index (κ3) is 3.33. The van der Waals surface area contributed by atoms with Crippen LogP contribution in [0.4, 0.5) is 5.69 Å². The number of nitrogens with one attached hydrogen (secondary N) is 2. The van der Waals surface area contributed by atoms with E-state index in [1.165, 1.54) is 5.56 Å². The summed E-state index contributed by atoms with van der Waals surface area (Å²) in [5.74, 6) is 0.0719. The van der Waals surface area contributed by atoms with Crippen LogP contribution in [0.2, 0.25) is 0 Å². The van der Waals surface area contributed by atoms with Gasteiger partial charge in [-0.15, -0.1) is 0 Å². The van der Waals surface area contributed by atoms with Crippen molar-refractivity contribution in [3.63, 3.8) is 0 Å². The van der Waals surface area contributed by atoms with Gasteiger partial charge in [-0.2, -0.15) is 5.10 Å². The van der Waals surface area contributed by atoms with Crippen molar-refractivity contribution < 1.29 is 4.79 Å². The molecule has 0 spiro atoms. The molecule has 2 aromatic heterocycles. The molecule has 2 N–H and O–H groups in total. The van der Waals surface area contributed by atoms with Crippen molar-refractivity contribution in [3.8, 4) is 0 Å². The maximum Gasteiger partial charge on any atom is 0.224 e. The van der Waals surface area contributed by atoms with Gasteiger partial charge in [0.25, 0.3) is 0 Å². The number of amides is 1. The fourth-order valence-corrected chi connectivity index (χ4v) is 3.20. The lowest BCUT2D eigenvalue weighted by atomic mass is 10.0. The largest absolute Gasteiger partial charge is 0.380 e. The van der Waals surface area contributed by atoms with Gasteiger partial charge >= 0.3 is 0 Å². The van der Waals surface area contributed by atoms with Gasteiger partial charge in [-0.3, -0.25) is 4.79 Å². The maximum absolute atomic E-state index is 11.6. The summed E-state index contributed by atoms with van der Waals surface area (Å²) in [6.07, 6.45) is 3.06. The first kappa shape index (κ1) is 17.0. The number of hydrogen-bond acceptors (Lipinski definition) is 4. The maximum atomic E-state index is 11.6.